The van der Waals surface area contributed by atoms with Gasteiger partial charge in [0, 0.05) is 18.8 Å². The van der Waals surface area contributed by atoms with Crippen molar-refractivity contribution in [2.75, 3.05) is 11.9 Å². The Labute approximate surface area is 174 Å². The zero-order valence-corrected chi connectivity index (χ0v) is 17.3. The Balaban J connectivity index is 1.33. The van der Waals surface area contributed by atoms with Gasteiger partial charge < -0.3 is 20.5 Å². The lowest BCUT2D eigenvalue weighted by molar-refractivity contribution is 0.0240. The van der Waals surface area contributed by atoms with Gasteiger partial charge in [-0.1, -0.05) is 0 Å². The summed E-state index contributed by atoms with van der Waals surface area (Å²) in [5, 5.41) is 14.2. The van der Waals surface area contributed by atoms with Gasteiger partial charge in [0.05, 0.1) is 18.4 Å². The summed E-state index contributed by atoms with van der Waals surface area (Å²) in [6, 6.07) is 3.50. The van der Waals surface area contributed by atoms with E-state index in [1.165, 1.54) is 12.8 Å². The first-order chi connectivity index (χ1) is 14.3. The number of ether oxygens (including phenoxy) is 2. The summed E-state index contributed by atoms with van der Waals surface area (Å²) in [7, 11) is 0. The second-order valence-corrected chi connectivity index (χ2v) is 8.81. The van der Waals surface area contributed by atoms with Crippen molar-refractivity contribution in [3.63, 3.8) is 0 Å². The fourth-order valence-corrected chi connectivity index (χ4v) is 4.02. The number of rotatable bonds is 8. The molecule has 0 unspecified atom stereocenters. The lowest BCUT2D eigenvalue weighted by Gasteiger charge is -2.26. The fourth-order valence-electron chi connectivity index (χ4n) is 4.02. The molecule has 2 aromatic rings. The maximum atomic E-state index is 12.6. The molecule has 4 N–H and O–H groups in total. The average molecular weight is 416 g/mol. The molecule has 1 saturated heterocycles. The maximum Gasteiger partial charge on any atom is 0.405 e. The molecular formula is C20H28N6O4. The third kappa shape index (κ3) is 4.99. The van der Waals surface area contributed by atoms with Crippen LogP contribution in [0.25, 0.3) is 0 Å². The molecular weight excluding hydrogens is 388 g/mol. The van der Waals surface area contributed by atoms with Gasteiger partial charge in [-0.25, -0.2) is 4.79 Å². The van der Waals surface area contributed by atoms with Crippen molar-refractivity contribution in [3.8, 4) is 0 Å². The average Bonchev–Trinajstić information content (AvgIpc) is 3.03. The number of carbonyl (C=O) groups is 2. The molecule has 1 aliphatic carbocycles. The highest BCUT2D eigenvalue weighted by atomic mass is 16.6. The van der Waals surface area contributed by atoms with Crippen LogP contribution in [-0.4, -0.2) is 44.2 Å². The molecule has 1 saturated carbocycles. The van der Waals surface area contributed by atoms with E-state index >= 15 is 0 Å². The summed E-state index contributed by atoms with van der Waals surface area (Å²) in [6.45, 7) is 5.00. The first kappa shape index (κ1) is 20.4. The van der Waals surface area contributed by atoms with Gasteiger partial charge in [-0.05, 0) is 57.4 Å². The Kier molecular flexibility index (Phi) is 5.50. The number of carbonyl (C=O) groups excluding carboxylic acids is 2. The third-order valence-electron chi connectivity index (χ3n) is 5.50. The van der Waals surface area contributed by atoms with Crippen molar-refractivity contribution in [1.82, 2.24) is 20.0 Å². The van der Waals surface area contributed by atoms with Gasteiger partial charge in [0.1, 0.15) is 11.3 Å². The lowest BCUT2D eigenvalue weighted by Crippen LogP contribution is -2.33. The first-order valence-electron chi connectivity index (χ1n) is 10.3. The van der Waals surface area contributed by atoms with Gasteiger partial charge in [-0.15, -0.1) is 0 Å². The van der Waals surface area contributed by atoms with Gasteiger partial charge >= 0.3 is 6.09 Å². The van der Waals surface area contributed by atoms with Crippen LogP contribution in [0.2, 0.25) is 0 Å². The molecule has 4 rings (SSSR count). The molecule has 3 heterocycles. The molecule has 2 amide bonds. The highest BCUT2D eigenvalue weighted by Crippen LogP contribution is 2.37. The Morgan fingerprint density at radius 1 is 1.40 bits per heavy atom. The second-order valence-electron chi connectivity index (χ2n) is 8.81. The number of hydrogen-bond acceptors (Lipinski definition) is 6. The van der Waals surface area contributed by atoms with E-state index in [9.17, 15) is 9.59 Å². The predicted molar refractivity (Wildman–Crippen MR) is 108 cm³/mol. The van der Waals surface area contributed by atoms with Crippen LogP contribution >= 0.6 is 0 Å². The number of aromatic nitrogens is 4. The normalized spacial score (nSPS) is 21.5. The number of hydrogen-bond donors (Lipinski definition) is 3. The van der Waals surface area contributed by atoms with Gasteiger partial charge in [-0.3, -0.25) is 14.6 Å². The largest absolute Gasteiger partial charge is 0.444 e. The standard InChI is InChI=1S/C20H28N6O4/c1-20(2,30-19(21)28)9-13-7-16(29-11-13)14-8-17(25-24-14)23-18(27)15-5-6-22-26(15)10-12-3-4-12/h5-6,8,12-13,16H,3-4,7,9-11H2,1-2H3,(H2,21,28)(H2,23,24,25,27)/t13-,16-/m1/s1. The van der Waals surface area contributed by atoms with Crippen LogP contribution in [0, 0.1) is 11.8 Å². The van der Waals surface area contributed by atoms with Gasteiger partial charge in [0.15, 0.2) is 5.82 Å². The van der Waals surface area contributed by atoms with Crippen LogP contribution in [0.3, 0.4) is 0 Å². The van der Waals surface area contributed by atoms with E-state index in [0.29, 0.717) is 30.5 Å². The number of amides is 2. The molecule has 2 aromatic heterocycles. The Morgan fingerprint density at radius 3 is 2.93 bits per heavy atom. The predicted octanol–water partition coefficient (Wildman–Crippen LogP) is 2.61. The van der Waals surface area contributed by atoms with E-state index in [1.807, 2.05) is 13.8 Å². The van der Waals surface area contributed by atoms with Gasteiger partial charge in [-0.2, -0.15) is 10.2 Å². The molecule has 0 spiro atoms. The summed E-state index contributed by atoms with van der Waals surface area (Å²) in [6.07, 6.45) is 4.50. The van der Waals surface area contributed by atoms with Crippen LogP contribution in [0.15, 0.2) is 18.3 Å². The van der Waals surface area contributed by atoms with E-state index in [1.54, 1.807) is 23.0 Å². The minimum absolute atomic E-state index is 0.155. The molecule has 10 nitrogen and oxygen atoms in total. The smallest absolute Gasteiger partial charge is 0.405 e. The van der Waals surface area contributed by atoms with Crippen molar-refractivity contribution in [2.45, 2.75) is 57.8 Å². The molecule has 30 heavy (non-hydrogen) atoms. The van der Waals surface area contributed by atoms with Crippen molar-refractivity contribution < 1.29 is 19.1 Å². The molecule has 2 fully saturated rings. The number of primary amides is 1. The summed E-state index contributed by atoms with van der Waals surface area (Å²) in [5.74, 6) is 1.06. The zero-order chi connectivity index (χ0) is 21.3. The zero-order valence-electron chi connectivity index (χ0n) is 17.3. The molecule has 0 bridgehead atoms. The molecule has 162 valence electrons. The van der Waals surface area contributed by atoms with Gasteiger partial charge in [0.2, 0.25) is 0 Å². The summed E-state index contributed by atoms with van der Waals surface area (Å²) in [5.41, 5.74) is 5.82. The van der Waals surface area contributed by atoms with Crippen LogP contribution in [0.5, 0.6) is 0 Å². The van der Waals surface area contributed by atoms with E-state index in [0.717, 1.165) is 18.7 Å². The summed E-state index contributed by atoms with van der Waals surface area (Å²) in [4.78, 5) is 23.7. The fraction of sp³-hybridized carbons (Fsp3) is 0.600. The minimum Gasteiger partial charge on any atom is -0.444 e. The van der Waals surface area contributed by atoms with Crippen LogP contribution in [-0.2, 0) is 16.0 Å². The van der Waals surface area contributed by atoms with Crippen molar-refractivity contribution in [1.29, 1.82) is 0 Å². The molecule has 0 aromatic carbocycles. The van der Waals surface area contributed by atoms with Gasteiger partial charge in [0.25, 0.3) is 5.91 Å². The molecule has 2 aliphatic rings. The second kappa shape index (κ2) is 8.10. The van der Waals surface area contributed by atoms with Crippen LogP contribution in [0.4, 0.5) is 10.6 Å². The third-order valence-corrected chi connectivity index (χ3v) is 5.50. The molecule has 0 radical (unpaired) electrons. The number of H-pyrrole nitrogens is 1. The number of aromatic amines is 1. The van der Waals surface area contributed by atoms with E-state index < -0.39 is 11.7 Å². The van der Waals surface area contributed by atoms with Crippen molar-refractivity contribution in [2.24, 2.45) is 17.6 Å². The molecule has 10 heteroatoms. The first-order valence-corrected chi connectivity index (χ1v) is 10.3. The summed E-state index contributed by atoms with van der Waals surface area (Å²) < 4.78 is 12.8. The van der Waals surface area contributed by atoms with Crippen molar-refractivity contribution >= 4 is 17.8 Å². The number of anilines is 1. The van der Waals surface area contributed by atoms with E-state index in [2.05, 4.69) is 20.6 Å². The highest BCUT2D eigenvalue weighted by Gasteiger charge is 2.34. The summed E-state index contributed by atoms with van der Waals surface area (Å²) >= 11 is 0. The molecule has 1 aliphatic heterocycles. The molecule has 2 atom stereocenters. The van der Waals surface area contributed by atoms with E-state index in [4.69, 9.17) is 15.2 Å². The minimum atomic E-state index is -0.775. The number of nitrogens with two attached hydrogens (primary N) is 1. The topological polar surface area (TPSA) is 137 Å². The van der Waals surface area contributed by atoms with Crippen LogP contribution in [0.1, 0.15) is 61.8 Å². The SMILES string of the molecule is CC(C)(C[C@@H]1CO[C@@H](c2cc(NC(=O)c3ccnn3CC3CC3)n[nH]2)C1)OC(N)=O. The number of nitrogens with zero attached hydrogens (tertiary/aromatic N) is 3. The number of nitrogens with one attached hydrogen (secondary N) is 2. The monoisotopic (exact) mass is 416 g/mol. The highest BCUT2D eigenvalue weighted by molar-refractivity contribution is 6.02. The lowest BCUT2D eigenvalue weighted by atomic mass is 9.91. The Hall–Kier alpha value is -2.88. The Morgan fingerprint density at radius 2 is 2.20 bits per heavy atom. The van der Waals surface area contributed by atoms with E-state index in [-0.39, 0.29) is 17.9 Å². The van der Waals surface area contributed by atoms with Crippen LogP contribution < -0.4 is 11.1 Å². The maximum absolute atomic E-state index is 12.6. The quantitative estimate of drug-likeness (QED) is 0.605. The Bertz CT molecular complexity index is 916. The van der Waals surface area contributed by atoms with Crippen molar-refractivity contribution in [3.05, 3.63) is 29.7 Å².